The van der Waals surface area contributed by atoms with Gasteiger partial charge in [0.2, 0.25) is 0 Å². The molecule has 5 nitrogen and oxygen atoms in total. The number of hydrogen-bond acceptors (Lipinski definition) is 4. The van der Waals surface area contributed by atoms with E-state index in [0.717, 1.165) is 19.3 Å². The highest BCUT2D eigenvalue weighted by Crippen LogP contribution is 2.25. The van der Waals surface area contributed by atoms with Crippen LogP contribution in [0.4, 0.5) is 5.69 Å². The Morgan fingerprint density at radius 3 is 2.75 bits per heavy atom. The summed E-state index contributed by atoms with van der Waals surface area (Å²) in [6.45, 7) is 0.585. The minimum absolute atomic E-state index is 0.114. The monoisotopic (exact) mass is 343 g/mol. The number of rotatable bonds is 5. The number of nitrogens with one attached hydrogen (secondary N) is 2. The van der Waals surface area contributed by atoms with Gasteiger partial charge in [-0.2, -0.15) is 11.3 Å². The summed E-state index contributed by atoms with van der Waals surface area (Å²) in [6.07, 6.45) is 3.10. The van der Waals surface area contributed by atoms with Gasteiger partial charge in [0.05, 0.1) is 16.8 Å². The van der Waals surface area contributed by atoms with Crippen LogP contribution < -0.4 is 16.4 Å². The van der Waals surface area contributed by atoms with Crippen LogP contribution in [0.25, 0.3) is 0 Å². The molecule has 1 aromatic heterocycles. The van der Waals surface area contributed by atoms with Gasteiger partial charge in [0.1, 0.15) is 0 Å². The summed E-state index contributed by atoms with van der Waals surface area (Å²) in [7, 11) is 0. The predicted molar refractivity (Wildman–Crippen MR) is 96.4 cm³/mol. The number of thiophene rings is 1. The van der Waals surface area contributed by atoms with Crippen LogP contribution in [-0.2, 0) is 0 Å². The molecule has 0 saturated heterocycles. The first-order chi connectivity index (χ1) is 11.7. The maximum atomic E-state index is 12.6. The second-order valence-corrected chi connectivity index (χ2v) is 6.80. The van der Waals surface area contributed by atoms with Gasteiger partial charge in [-0.15, -0.1) is 0 Å². The third-order valence-electron chi connectivity index (χ3n) is 4.48. The molecule has 0 aliphatic heterocycles. The zero-order valence-corrected chi connectivity index (χ0v) is 14.1. The van der Waals surface area contributed by atoms with Crippen LogP contribution >= 0.6 is 11.3 Å². The Balaban J connectivity index is 1.73. The Kier molecular flexibility index (Phi) is 5.27. The van der Waals surface area contributed by atoms with Gasteiger partial charge >= 0.3 is 0 Å². The Bertz CT molecular complexity index is 715. The fraction of sp³-hybridized carbons (Fsp3) is 0.333. The second kappa shape index (κ2) is 7.59. The van der Waals surface area contributed by atoms with Gasteiger partial charge in [-0.3, -0.25) is 9.59 Å². The molecule has 24 heavy (non-hydrogen) atoms. The molecule has 1 heterocycles. The number of nitrogens with two attached hydrogens (primary N) is 1. The molecule has 0 bridgehead atoms. The molecular formula is C18H21N3O2S. The molecule has 2 aromatic rings. The zero-order chi connectivity index (χ0) is 16.9. The van der Waals surface area contributed by atoms with E-state index in [4.69, 9.17) is 5.73 Å². The molecule has 3 rings (SSSR count). The summed E-state index contributed by atoms with van der Waals surface area (Å²) in [4.78, 5) is 24.9. The smallest absolute Gasteiger partial charge is 0.256 e. The van der Waals surface area contributed by atoms with Gasteiger partial charge in [0.25, 0.3) is 11.8 Å². The van der Waals surface area contributed by atoms with E-state index < -0.39 is 0 Å². The topological polar surface area (TPSA) is 84.2 Å². The van der Waals surface area contributed by atoms with Crippen LogP contribution in [0.3, 0.4) is 0 Å². The minimum Gasteiger partial charge on any atom is -0.349 e. The zero-order valence-electron chi connectivity index (χ0n) is 13.3. The van der Waals surface area contributed by atoms with Gasteiger partial charge in [0.15, 0.2) is 0 Å². The van der Waals surface area contributed by atoms with E-state index in [9.17, 15) is 9.59 Å². The molecule has 1 fully saturated rings. The van der Waals surface area contributed by atoms with Crippen LogP contribution in [0.15, 0.2) is 41.1 Å². The summed E-state index contributed by atoms with van der Waals surface area (Å²) in [5.41, 5.74) is 7.37. The van der Waals surface area contributed by atoms with Crippen molar-refractivity contribution in [3.8, 4) is 0 Å². The molecule has 0 spiro atoms. The standard InChI is InChI=1S/C18H21N3O2S/c19-10-12-4-3-7-15(12)20-18(23)14-5-1-2-6-16(14)21-17(22)13-8-9-24-11-13/h1-2,5-6,8-9,11-12,15H,3-4,7,10,19H2,(H,20,23)(H,21,22). The van der Waals surface area contributed by atoms with Crippen molar-refractivity contribution < 1.29 is 9.59 Å². The third kappa shape index (κ3) is 3.66. The highest BCUT2D eigenvalue weighted by atomic mass is 32.1. The molecule has 126 valence electrons. The van der Waals surface area contributed by atoms with Crippen molar-refractivity contribution >= 4 is 28.8 Å². The molecule has 1 aliphatic carbocycles. The maximum Gasteiger partial charge on any atom is 0.256 e. The summed E-state index contributed by atoms with van der Waals surface area (Å²) >= 11 is 1.46. The molecule has 0 radical (unpaired) electrons. The van der Waals surface area contributed by atoms with Crippen molar-refractivity contribution in [2.24, 2.45) is 11.7 Å². The number of carbonyl (C=O) groups excluding carboxylic acids is 2. The summed E-state index contributed by atoms with van der Waals surface area (Å²) < 4.78 is 0. The van der Waals surface area contributed by atoms with Crippen molar-refractivity contribution in [1.29, 1.82) is 0 Å². The quantitative estimate of drug-likeness (QED) is 0.780. The van der Waals surface area contributed by atoms with E-state index in [1.165, 1.54) is 11.3 Å². The first kappa shape index (κ1) is 16.7. The fourth-order valence-electron chi connectivity index (χ4n) is 3.13. The highest BCUT2D eigenvalue weighted by molar-refractivity contribution is 7.08. The largest absolute Gasteiger partial charge is 0.349 e. The van der Waals surface area contributed by atoms with Crippen molar-refractivity contribution in [1.82, 2.24) is 5.32 Å². The Morgan fingerprint density at radius 1 is 1.17 bits per heavy atom. The lowest BCUT2D eigenvalue weighted by Gasteiger charge is -2.20. The number of para-hydroxylation sites is 1. The fourth-order valence-corrected chi connectivity index (χ4v) is 3.77. The lowest BCUT2D eigenvalue weighted by molar-refractivity contribution is 0.0929. The lowest BCUT2D eigenvalue weighted by atomic mass is 10.0. The first-order valence-corrected chi connectivity index (χ1v) is 9.07. The Hall–Kier alpha value is -2.18. The normalized spacial score (nSPS) is 19.9. The van der Waals surface area contributed by atoms with Gasteiger partial charge in [-0.1, -0.05) is 18.6 Å². The molecule has 1 saturated carbocycles. The van der Waals surface area contributed by atoms with Crippen molar-refractivity contribution in [3.05, 3.63) is 52.2 Å². The number of amides is 2. The molecule has 2 atom stereocenters. The van der Waals surface area contributed by atoms with E-state index in [1.807, 2.05) is 5.38 Å². The molecule has 1 aromatic carbocycles. The van der Waals surface area contributed by atoms with Crippen molar-refractivity contribution in [2.45, 2.75) is 25.3 Å². The third-order valence-corrected chi connectivity index (χ3v) is 5.16. The summed E-state index contributed by atoms with van der Waals surface area (Å²) in [6, 6.07) is 8.94. The average Bonchev–Trinajstić information content (AvgIpc) is 3.26. The van der Waals surface area contributed by atoms with Crippen LogP contribution in [-0.4, -0.2) is 24.4 Å². The Labute approximate surface area is 145 Å². The molecule has 2 unspecified atom stereocenters. The lowest BCUT2D eigenvalue weighted by Crippen LogP contribution is -2.40. The Morgan fingerprint density at radius 2 is 2.00 bits per heavy atom. The second-order valence-electron chi connectivity index (χ2n) is 6.02. The molecule has 4 N–H and O–H groups in total. The molecule has 2 amide bonds. The highest BCUT2D eigenvalue weighted by Gasteiger charge is 2.28. The average molecular weight is 343 g/mol. The number of carbonyl (C=O) groups is 2. The maximum absolute atomic E-state index is 12.6. The van der Waals surface area contributed by atoms with E-state index in [1.54, 1.807) is 35.7 Å². The number of anilines is 1. The number of benzene rings is 1. The summed E-state index contributed by atoms with van der Waals surface area (Å²) in [5.74, 6) is -0.0414. The van der Waals surface area contributed by atoms with Crippen LogP contribution in [0.2, 0.25) is 0 Å². The van der Waals surface area contributed by atoms with E-state index in [0.29, 0.717) is 29.3 Å². The van der Waals surface area contributed by atoms with Gasteiger partial charge in [-0.05, 0) is 48.9 Å². The van der Waals surface area contributed by atoms with Crippen LogP contribution in [0.5, 0.6) is 0 Å². The number of hydrogen-bond donors (Lipinski definition) is 3. The molecule has 1 aliphatic rings. The predicted octanol–water partition coefficient (Wildman–Crippen LogP) is 2.86. The van der Waals surface area contributed by atoms with Crippen molar-refractivity contribution in [3.63, 3.8) is 0 Å². The molecular weight excluding hydrogens is 322 g/mol. The van der Waals surface area contributed by atoms with Crippen molar-refractivity contribution in [2.75, 3.05) is 11.9 Å². The molecule has 6 heteroatoms. The minimum atomic E-state index is -0.211. The summed E-state index contributed by atoms with van der Waals surface area (Å²) in [5, 5.41) is 9.53. The van der Waals surface area contributed by atoms with Gasteiger partial charge in [0, 0.05) is 11.4 Å². The first-order valence-electron chi connectivity index (χ1n) is 8.12. The SMILES string of the molecule is NCC1CCCC1NC(=O)c1ccccc1NC(=O)c1ccsc1. The van der Waals surface area contributed by atoms with Gasteiger partial charge < -0.3 is 16.4 Å². The van der Waals surface area contributed by atoms with E-state index >= 15 is 0 Å². The van der Waals surface area contributed by atoms with E-state index in [-0.39, 0.29) is 17.9 Å². The van der Waals surface area contributed by atoms with Crippen LogP contribution in [0.1, 0.15) is 40.0 Å². The van der Waals surface area contributed by atoms with Gasteiger partial charge in [-0.25, -0.2) is 0 Å². The van der Waals surface area contributed by atoms with Crippen LogP contribution in [0, 0.1) is 5.92 Å². The van der Waals surface area contributed by atoms with E-state index in [2.05, 4.69) is 10.6 Å².